The quantitative estimate of drug-likeness (QED) is 0.348. The molecule has 1 rings (SSSR count). The van der Waals surface area contributed by atoms with Gasteiger partial charge < -0.3 is 9.84 Å². The van der Waals surface area contributed by atoms with Gasteiger partial charge in [0.05, 0.1) is 0 Å². The summed E-state index contributed by atoms with van der Waals surface area (Å²) in [5, 5.41) is 9.21. The molecule has 0 heterocycles. The molecule has 0 bridgehead atoms. The number of hydrogen-bond donors (Lipinski definition) is 2. The van der Waals surface area contributed by atoms with Crippen LogP contribution in [-0.2, 0) is 26.8 Å². The normalized spacial score (nSPS) is 13.9. The van der Waals surface area contributed by atoms with E-state index in [0.29, 0.717) is 12.2 Å². The summed E-state index contributed by atoms with van der Waals surface area (Å²) in [6, 6.07) is 6.74. The molecule has 0 aliphatic heterocycles. The van der Waals surface area contributed by atoms with Crippen molar-refractivity contribution in [1.82, 2.24) is 0 Å². The predicted octanol–water partition coefficient (Wildman–Crippen LogP) is 1.02. The lowest BCUT2D eigenvalue weighted by atomic mass is 10.1. The van der Waals surface area contributed by atoms with Gasteiger partial charge in [0, 0.05) is 13.3 Å². The van der Waals surface area contributed by atoms with Crippen LogP contribution in [0.15, 0.2) is 24.3 Å². The molecule has 7 heteroatoms. The van der Waals surface area contributed by atoms with E-state index in [1.54, 1.807) is 24.3 Å². The number of ether oxygens (including phenoxy) is 1. The van der Waals surface area contributed by atoms with Crippen LogP contribution in [0, 0.1) is 0 Å². The van der Waals surface area contributed by atoms with Crippen LogP contribution in [0.5, 0.6) is 5.75 Å². The number of hydrogen-bond acceptors (Lipinski definition) is 5. The SMILES string of the molecule is CC(=O)Oc1ccc(CCC(O)OS(=O)O)cc1. The Morgan fingerprint density at radius 2 is 2.00 bits per heavy atom. The van der Waals surface area contributed by atoms with Gasteiger partial charge in [0.15, 0.2) is 6.29 Å². The highest BCUT2D eigenvalue weighted by molar-refractivity contribution is 7.74. The third-order valence-electron chi connectivity index (χ3n) is 2.06. The van der Waals surface area contributed by atoms with Gasteiger partial charge >= 0.3 is 17.3 Å². The molecule has 100 valence electrons. The van der Waals surface area contributed by atoms with E-state index >= 15 is 0 Å². The van der Waals surface area contributed by atoms with Crippen LogP contribution in [-0.4, -0.2) is 26.1 Å². The van der Waals surface area contributed by atoms with E-state index < -0.39 is 23.6 Å². The first-order valence-electron chi connectivity index (χ1n) is 5.21. The van der Waals surface area contributed by atoms with Crippen LogP contribution in [0.25, 0.3) is 0 Å². The van der Waals surface area contributed by atoms with Crippen molar-refractivity contribution in [3.8, 4) is 5.75 Å². The second-order valence-corrected chi connectivity index (χ2v) is 4.17. The van der Waals surface area contributed by atoms with Gasteiger partial charge in [-0.25, -0.2) is 4.18 Å². The van der Waals surface area contributed by atoms with Crippen molar-refractivity contribution in [2.75, 3.05) is 0 Å². The second-order valence-electron chi connectivity index (χ2n) is 3.54. The number of aryl methyl sites for hydroxylation is 1. The highest BCUT2D eigenvalue weighted by atomic mass is 32.2. The highest BCUT2D eigenvalue weighted by Crippen LogP contribution is 2.14. The Balaban J connectivity index is 2.43. The second kappa shape index (κ2) is 7.22. The van der Waals surface area contributed by atoms with Crippen LogP contribution in [0.1, 0.15) is 18.9 Å². The minimum absolute atomic E-state index is 0.194. The molecule has 2 N–H and O–H groups in total. The number of aliphatic hydroxyl groups excluding tert-OH is 1. The van der Waals surface area contributed by atoms with Crippen LogP contribution >= 0.6 is 0 Å². The van der Waals surface area contributed by atoms with E-state index in [1.165, 1.54) is 6.92 Å². The first-order chi connectivity index (χ1) is 8.47. The van der Waals surface area contributed by atoms with Gasteiger partial charge in [-0.3, -0.25) is 9.35 Å². The standard InChI is InChI=1S/C11H14O6S/c1-8(12)16-10-5-2-9(3-6-10)4-7-11(13)17-18(14)15/h2-3,5-6,11,13H,4,7H2,1H3,(H,14,15). The Bertz CT molecular complexity index is 416. The van der Waals surface area contributed by atoms with Crippen LogP contribution < -0.4 is 4.74 Å². The Morgan fingerprint density at radius 3 is 2.50 bits per heavy atom. The molecule has 0 aromatic heterocycles. The van der Waals surface area contributed by atoms with Gasteiger partial charge in [-0.05, 0) is 24.1 Å². The van der Waals surface area contributed by atoms with Gasteiger partial charge in [-0.2, -0.15) is 4.21 Å². The molecule has 1 aromatic carbocycles. The summed E-state index contributed by atoms with van der Waals surface area (Å²) >= 11 is -2.47. The molecular formula is C11H14O6S. The molecule has 0 fully saturated rings. The monoisotopic (exact) mass is 274 g/mol. The number of benzene rings is 1. The lowest BCUT2D eigenvalue weighted by molar-refractivity contribution is -0.131. The summed E-state index contributed by atoms with van der Waals surface area (Å²) in [5.41, 5.74) is 0.886. The minimum atomic E-state index is -2.47. The summed E-state index contributed by atoms with van der Waals surface area (Å²) in [6.45, 7) is 1.32. The Labute approximate surface area is 107 Å². The molecule has 0 saturated heterocycles. The highest BCUT2D eigenvalue weighted by Gasteiger charge is 2.08. The van der Waals surface area contributed by atoms with Crippen molar-refractivity contribution in [2.45, 2.75) is 26.1 Å². The van der Waals surface area contributed by atoms with Gasteiger partial charge in [0.2, 0.25) is 0 Å². The topological polar surface area (TPSA) is 93.1 Å². The van der Waals surface area contributed by atoms with E-state index in [2.05, 4.69) is 4.18 Å². The predicted molar refractivity (Wildman–Crippen MR) is 63.9 cm³/mol. The molecule has 0 aliphatic carbocycles. The fourth-order valence-corrected chi connectivity index (χ4v) is 1.61. The van der Waals surface area contributed by atoms with Crippen molar-refractivity contribution < 1.29 is 27.6 Å². The van der Waals surface area contributed by atoms with E-state index in [9.17, 15) is 14.1 Å². The third kappa shape index (κ3) is 5.87. The number of carbonyl (C=O) groups excluding carboxylic acids is 1. The summed E-state index contributed by atoms with van der Waals surface area (Å²) in [7, 11) is 0. The van der Waals surface area contributed by atoms with E-state index in [4.69, 9.17) is 9.29 Å². The zero-order valence-electron chi connectivity index (χ0n) is 9.74. The fourth-order valence-electron chi connectivity index (χ4n) is 1.32. The third-order valence-corrected chi connectivity index (χ3v) is 2.45. The van der Waals surface area contributed by atoms with Crippen molar-refractivity contribution in [1.29, 1.82) is 0 Å². The van der Waals surface area contributed by atoms with Crippen LogP contribution in [0.3, 0.4) is 0 Å². The Kier molecular flexibility index (Phi) is 5.93. The average molecular weight is 274 g/mol. The molecule has 0 saturated carbocycles. The number of aliphatic hydroxyl groups is 1. The molecule has 1 aromatic rings. The molecule has 6 nitrogen and oxygen atoms in total. The summed E-state index contributed by atoms with van der Waals surface area (Å²) < 4.78 is 27.8. The molecule has 0 amide bonds. The molecule has 2 atom stereocenters. The van der Waals surface area contributed by atoms with Crippen LogP contribution in [0.2, 0.25) is 0 Å². The van der Waals surface area contributed by atoms with E-state index in [1.807, 2.05) is 0 Å². The Hall–Kier alpha value is -1.28. The molecule has 2 unspecified atom stereocenters. The summed E-state index contributed by atoms with van der Waals surface area (Å²) in [5.74, 6) is 0.0523. The van der Waals surface area contributed by atoms with Crippen molar-refractivity contribution in [2.24, 2.45) is 0 Å². The number of carbonyl (C=O) groups is 1. The first kappa shape index (κ1) is 14.8. The zero-order valence-corrected chi connectivity index (χ0v) is 10.6. The maximum Gasteiger partial charge on any atom is 0.308 e. The van der Waals surface area contributed by atoms with Gasteiger partial charge in [-0.15, -0.1) is 0 Å². The fraction of sp³-hybridized carbons (Fsp3) is 0.364. The number of rotatable bonds is 6. The molecule has 0 radical (unpaired) electrons. The lowest BCUT2D eigenvalue weighted by Crippen LogP contribution is -2.14. The smallest absolute Gasteiger partial charge is 0.308 e. The van der Waals surface area contributed by atoms with Gasteiger partial charge in [0.1, 0.15) is 5.75 Å². The van der Waals surface area contributed by atoms with Gasteiger partial charge in [0.25, 0.3) is 0 Å². The maximum atomic E-state index is 10.7. The molecule has 0 aliphatic rings. The minimum Gasteiger partial charge on any atom is -0.427 e. The van der Waals surface area contributed by atoms with Crippen LogP contribution in [0.4, 0.5) is 0 Å². The largest absolute Gasteiger partial charge is 0.427 e. The van der Waals surface area contributed by atoms with Gasteiger partial charge in [-0.1, -0.05) is 12.1 Å². The molecule has 18 heavy (non-hydrogen) atoms. The van der Waals surface area contributed by atoms with E-state index in [-0.39, 0.29) is 6.42 Å². The zero-order chi connectivity index (χ0) is 13.5. The van der Waals surface area contributed by atoms with Crippen molar-refractivity contribution in [3.05, 3.63) is 29.8 Å². The van der Waals surface area contributed by atoms with Crippen molar-refractivity contribution >= 4 is 17.3 Å². The molecular weight excluding hydrogens is 260 g/mol. The lowest BCUT2D eigenvalue weighted by Gasteiger charge is -2.08. The Morgan fingerprint density at radius 1 is 1.39 bits per heavy atom. The van der Waals surface area contributed by atoms with E-state index in [0.717, 1.165) is 5.56 Å². The van der Waals surface area contributed by atoms with Crippen molar-refractivity contribution in [3.63, 3.8) is 0 Å². The average Bonchev–Trinajstić information content (AvgIpc) is 2.26. The first-order valence-corrected chi connectivity index (χ1v) is 6.24. The summed E-state index contributed by atoms with van der Waals surface area (Å²) in [4.78, 5) is 10.7. The number of esters is 1. The molecule has 0 spiro atoms. The maximum absolute atomic E-state index is 10.7. The summed E-state index contributed by atoms with van der Waals surface area (Å²) in [6.07, 6.45) is -0.623.